The quantitative estimate of drug-likeness (QED) is 0.459. The molecule has 7 nitrogen and oxygen atoms in total. The molecule has 0 aliphatic heterocycles. The van der Waals surface area contributed by atoms with E-state index in [4.69, 9.17) is 15.9 Å². The summed E-state index contributed by atoms with van der Waals surface area (Å²) in [6.07, 6.45) is 0.546. The molecule has 0 aliphatic carbocycles. The third-order valence-electron chi connectivity index (χ3n) is 2.27. The highest BCUT2D eigenvalue weighted by atomic mass is 16.4. The number of carbonyl (C=O) groups excluding carboxylic acids is 1. The SMILES string of the molecule is CC[C@@H](N)C(=O)N[C@H](CCCC(=O)O)C(=O)O. The topological polar surface area (TPSA) is 130 Å². The van der Waals surface area contributed by atoms with Crippen LogP contribution in [0.1, 0.15) is 32.6 Å². The molecule has 17 heavy (non-hydrogen) atoms. The number of aliphatic carboxylic acids is 2. The normalized spacial score (nSPS) is 13.8. The zero-order valence-corrected chi connectivity index (χ0v) is 9.68. The van der Waals surface area contributed by atoms with E-state index in [1.165, 1.54) is 0 Å². The average molecular weight is 246 g/mol. The Morgan fingerprint density at radius 3 is 2.29 bits per heavy atom. The van der Waals surface area contributed by atoms with Crippen molar-refractivity contribution in [1.82, 2.24) is 5.32 Å². The van der Waals surface area contributed by atoms with Crippen LogP contribution in [-0.2, 0) is 14.4 Å². The summed E-state index contributed by atoms with van der Waals surface area (Å²) < 4.78 is 0. The molecule has 1 amide bonds. The molecule has 0 spiro atoms. The Labute approximate surface area is 99.0 Å². The Morgan fingerprint density at radius 1 is 1.29 bits per heavy atom. The van der Waals surface area contributed by atoms with Gasteiger partial charge in [0.1, 0.15) is 6.04 Å². The van der Waals surface area contributed by atoms with Crippen LogP contribution in [0.25, 0.3) is 0 Å². The van der Waals surface area contributed by atoms with Gasteiger partial charge >= 0.3 is 11.9 Å². The van der Waals surface area contributed by atoms with Crippen molar-refractivity contribution in [2.24, 2.45) is 5.73 Å². The minimum atomic E-state index is -1.19. The first-order valence-corrected chi connectivity index (χ1v) is 5.39. The second-order valence-electron chi connectivity index (χ2n) is 3.70. The number of carboxylic acids is 2. The van der Waals surface area contributed by atoms with Crippen LogP contribution in [0.5, 0.6) is 0 Å². The second-order valence-corrected chi connectivity index (χ2v) is 3.70. The highest BCUT2D eigenvalue weighted by Gasteiger charge is 2.22. The van der Waals surface area contributed by atoms with E-state index in [9.17, 15) is 14.4 Å². The zero-order chi connectivity index (χ0) is 13.4. The maximum Gasteiger partial charge on any atom is 0.326 e. The van der Waals surface area contributed by atoms with Gasteiger partial charge in [-0.3, -0.25) is 9.59 Å². The number of hydrogen-bond acceptors (Lipinski definition) is 4. The molecule has 0 aliphatic rings. The summed E-state index contributed by atoms with van der Waals surface area (Å²) in [4.78, 5) is 32.5. The molecule has 0 saturated carbocycles. The standard InChI is InChI=1S/C10H18N2O5/c1-2-6(11)9(15)12-7(10(16)17)4-3-5-8(13)14/h6-7H,2-5,11H2,1H3,(H,12,15)(H,13,14)(H,16,17)/t6-,7-/m1/s1. The molecule has 0 aromatic carbocycles. The Bertz CT molecular complexity index is 292. The van der Waals surface area contributed by atoms with Crippen LogP contribution >= 0.6 is 0 Å². The summed E-state index contributed by atoms with van der Waals surface area (Å²) in [7, 11) is 0. The van der Waals surface area contributed by atoms with E-state index in [1.54, 1.807) is 6.92 Å². The molecular weight excluding hydrogens is 228 g/mol. The van der Waals surface area contributed by atoms with Crippen LogP contribution in [0.2, 0.25) is 0 Å². The maximum absolute atomic E-state index is 11.4. The lowest BCUT2D eigenvalue weighted by Crippen LogP contribution is -2.48. The lowest BCUT2D eigenvalue weighted by atomic mass is 10.1. The molecule has 0 radical (unpaired) electrons. The predicted molar refractivity (Wildman–Crippen MR) is 59.3 cm³/mol. The van der Waals surface area contributed by atoms with Gasteiger partial charge in [-0.2, -0.15) is 0 Å². The predicted octanol–water partition coefficient (Wildman–Crippen LogP) is -0.452. The van der Waals surface area contributed by atoms with Crippen molar-refractivity contribution in [3.63, 3.8) is 0 Å². The molecule has 98 valence electrons. The first kappa shape index (κ1) is 15.4. The molecule has 2 atom stereocenters. The van der Waals surface area contributed by atoms with E-state index in [0.717, 1.165) is 0 Å². The minimum absolute atomic E-state index is 0.0732. The summed E-state index contributed by atoms with van der Waals surface area (Å²) in [5, 5.41) is 19.5. The molecule has 0 bridgehead atoms. The molecule has 0 fully saturated rings. The van der Waals surface area contributed by atoms with Gasteiger partial charge in [0.25, 0.3) is 0 Å². The summed E-state index contributed by atoms with van der Waals surface area (Å²) in [6, 6.07) is -1.82. The smallest absolute Gasteiger partial charge is 0.326 e. The van der Waals surface area contributed by atoms with Gasteiger partial charge in [-0.05, 0) is 19.3 Å². The number of amides is 1. The number of nitrogens with one attached hydrogen (secondary N) is 1. The molecule has 5 N–H and O–H groups in total. The highest BCUT2D eigenvalue weighted by Crippen LogP contribution is 2.02. The van der Waals surface area contributed by atoms with Crippen molar-refractivity contribution in [3.8, 4) is 0 Å². The number of nitrogens with two attached hydrogens (primary N) is 1. The maximum atomic E-state index is 11.4. The van der Waals surface area contributed by atoms with Gasteiger partial charge in [-0.15, -0.1) is 0 Å². The number of carbonyl (C=O) groups is 3. The van der Waals surface area contributed by atoms with Crippen LogP contribution in [0.4, 0.5) is 0 Å². The fourth-order valence-corrected chi connectivity index (χ4v) is 1.18. The van der Waals surface area contributed by atoms with E-state index >= 15 is 0 Å². The molecule has 0 saturated heterocycles. The Balaban J connectivity index is 4.20. The van der Waals surface area contributed by atoms with E-state index in [2.05, 4.69) is 5.32 Å². The summed E-state index contributed by atoms with van der Waals surface area (Å²) in [5.74, 6) is -2.71. The zero-order valence-electron chi connectivity index (χ0n) is 9.68. The fourth-order valence-electron chi connectivity index (χ4n) is 1.18. The summed E-state index contributed by atoms with van der Waals surface area (Å²) in [5.41, 5.74) is 5.44. The van der Waals surface area contributed by atoms with E-state index in [0.29, 0.717) is 6.42 Å². The van der Waals surface area contributed by atoms with Crippen LogP contribution in [-0.4, -0.2) is 40.1 Å². The third-order valence-corrected chi connectivity index (χ3v) is 2.27. The van der Waals surface area contributed by atoms with Crippen molar-refractivity contribution >= 4 is 17.8 Å². The monoisotopic (exact) mass is 246 g/mol. The van der Waals surface area contributed by atoms with E-state index < -0.39 is 29.9 Å². The van der Waals surface area contributed by atoms with E-state index in [1.807, 2.05) is 0 Å². The van der Waals surface area contributed by atoms with Crippen molar-refractivity contribution in [3.05, 3.63) is 0 Å². The van der Waals surface area contributed by atoms with Crippen molar-refractivity contribution in [1.29, 1.82) is 0 Å². The van der Waals surface area contributed by atoms with Gasteiger partial charge in [0.2, 0.25) is 5.91 Å². The number of carboxylic acid groups (broad SMARTS) is 2. The minimum Gasteiger partial charge on any atom is -0.481 e. The molecule has 0 heterocycles. The van der Waals surface area contributed by atoms with Gasteiger partial charge < -0.3 is 21.3 Å². The Kier molecular flexibility index (Phi) is 6.88. The van der Waals surface area contributed by atoms with Gasteiger partial charge in [0.15, 0.2) is 0 Å². The molecule has 0 aromatic heterocycles. The van der Waals surface area contributed by atoms with Crippen molar-refractivity contribution in [2.45, 2.75) is 44.7 Å². The third kappa shape index (κ3) is 6.52. The molecule has 0 unspecified atom stereocenters. The highest BCUT2D eigenvalue weighted by molar-refractivity contribution is 5.86. The Morgan fingerprint density at radius 2 is 1.88 bits per heavy atom. The van der Waals surface area contributed by atoms with Gasteiger partial charge in [-0.1, -0.05) is 6.92 Å². The summed E-state index contributed by atoms with van der Waals surface area (Å²) >= 11 is 0. The first-order valence-electron chi connectivity index (χ1n) is 5.39. The molecule has 0 rings (SSSR count). The lowest BCUT2D eigenvalue weighted by Gasteiger charge is -2.16. The van der Waals surface area contributed by atoms with Gasteiger partial charge in [-0.25, -0.2) is 4.79 Å². The molecule has 0 aromatic rings. The first-order chi connectivity index (χ1) is 7.88. The van der Waals surface area contributed by atoms with Crippen molar-refractivity contribution < 1.29 is 24.6 Å². The molecular formula is C10H18N2O5. The van der Waals surface area contributed by atoms with Crippen molar-refractivity contribution in [2.75, 3.05) is 0 Å². The van der Waals surface area contributed by atoms with E-state index in [-0.39, 0.29) is 19.3 Å². The average Bonchev–Trinajstić information content (AvgIpc) is 2.25. The van der Waals surface area contributed by atoms with Gasteiger partial charge in [0, 0.05) is 6.42 Å². The fraction of sp³-hybridized carbons (Fsp3) is 0.700. The van der Waals surface area contributed by atoms with Crippen LogP contribution < -0.4 is 11.1 Å². The number of hydrogen-bond donors (Lipinski definition) is 4. The number of rotatable bonds is 8. The Hall–Kier alpha value is -1.63. The van der Waals surface area contributed by atoms with Crippen LogP contribution in [0.3, 0.4) is 0 Å². The largest absolute Gasteiger partial charge is 0.481 e. The summed E-state index contributed by atoms with van der Waals surface area (Å²) in [6.45, 7) is 1.71. The lowest BCUT2D eigenvalue weighted by molar-refractivity contribution is -0.143. The molecule has 7 heteroatoms. The second kappa shape index (κ2) is 7.61. The van der Waals surface area contributed by atoms with Crippen LogP contribution in [0.15, 0.2) is 0 Å². The van der Waals surface area contributed by atoms with Crippen LogP contribution in [0, 0.1) is 0 Å². The van der Waals surface area contributed by atoms with Gasteiger partial charge in [0.05, 0.1) is 6.04 Å².